The Morgan fingerprint density at radius 2 is 2.03 bits per heavy atom. The Hall–Kier alpha value is -3.10. The van der Waals surface area contributed by atoms with Crippen LogP contribution in [0.2, 0.25) is 0 Å². The predicted molar refractivity (Wildman–Crippen MR) is 138 cm³/mol. The topological polar surface area (TPSA) is 73.2 Å². The number of nitrogens with zero attached hydrogens (tertiary/aromatic N) is 2. The third kappa shape index (κ3) is 4.48. The van der Waals surface area contributed by atoms with Crippen LogP contribution in [-0.2, 0) is 24.2 Å². The lowest BCUT2D eigenvalue weighted by Crippen LogP contribution is -2.26. The lowest BCUT2D eigenvalue weighted by molar-refractivity contribution is -0.118. The molecule has 5 rings (SSSR count). The smallest absolute Gasteiger partial charge is 0.267 e. The molecule has 1 aliphatic rings. The van der Waals surface area contributed by atoms with Crippen molar-refractivity contribution < 1.29 is 9.53 Å². The van der Waals surface area contributed by atoms with E-state index in [1.165, 1.54) is 16.6 Å². The van der Waals surface area contributed by atoms with Gasteiger partial charge < -0.3 is 10.1 Å². The van der Waals surface area contributed by atoms with Gasteiger partial charge in [0.1, 0.15) is 10.6 Å². The predicted octanol–water partition coefficient (Wildman–Crippen LogP) is 4.66. The Labute approximate surface area is 206 Å². The Bertz CT molecular complexity index is 1420. The number of ether oxygens (including phenoxy) is 1. The van der Waals surface area contributed by atoms with Crippen LogP contribution < -0.4 is 15.6 Å². The van der Waals surface area contributed by atoms with Crippen molar-refractivity contribution in [2.45, 2.75) is 37.9 Å². The van der Waals surface area contributed by atoms with Crippen molar-refractivity contribution in [1.82, 2.24) is 14.9 Å². The second kappa shape index (κ2) is 9.64. The van der Waals surface area contributed by atoms with E-state index in [0.29, 0.717) is 11.7 Å². The van der Waals surface area contributed by atoms with Crippen LogP contribution in [0.3, 0.4) is 0 Å². The number of fused-ring (bicyclic) bond motifs is 3. The summed E-state index contributed by atoms with van der Waals surface area (Å²) in [6.07, 6.45) is 3.03. The van der Waals surface area contributed by atoms with Crippen LogP contribution in [0.25, 0.3) is 15.9 Å². The van der Waals surface area contributed by atoms with Crippen LogP contribution in [0.1, 0.15) is 28.0 Å². The minimum Gasteiger partial charge on any atom is -0.497 e. The first-order chi connectivity index (χ1) is 16.5. The molecule has 2 aromatic carbocycles. The highest BCUT2D eigenvalue weighted by molar-refractivity contribution is 7.99. The number of amides is 1. The molecule has 0 atom stereocenters. The van der Waals surface area contributed by atoms with Crippen molar-refractivity contribution >= 4 is 39.2 Å². The average Bonchev–Trinajstić information content (AvgIpc) is 3.43. The maximum absolute atomic E-state index is 13.7. The van der Waals surface area contributed by atoms with E-state index < -0.39 is 0 Å². The summed E-state index contributed by atoms with van der Waals surface area (Å²) < 4.78 is 6.84. The second-order valence-corrected chi connectivity index (χ2v) is 10.4. The van der Waals surface area contributed by atoms with E-state index in [1.54, 1.807) is 23.0 Å². The first kappa shape index (κ1) is 22.7. The minimum atomic E-state index is -0.111. The highest BCUT2D eigenvalue weighted by Gasteiger charge is 2.24. The first-order valence-electron chi connectivity index (χ1n) is 11.2. The van der Waals surface area contributed by atoms with Gasteiger partial charge in [-0.15, -0.1) is 11.3 Å². The summed E-state index contributed by atoms with van der Waals surface area (Å²) in [5.74, 6) is 0.839. The molecule has 0 bridgehead atoms. The summed E-state index contributed by atoms with van der Waals surface area (Å²) in [5, 5.41) is 4.23. The van der Waals surface area contributed by atoms with Crippen molar-refractivity contribution in [1.29, 1.82) is 0 Å². The van der Waals surface area contributed by atoms with Gasteiger partial charge in [-0.3, -0.25) is 14.2 Å². The van der Waals surface area contributed by atoms with Gasteiger partial charge in [0.25, 0.3) is 5.56 Å². The molecule has 0 saturated carbocycles. The number of hydrogen-bond donors (Lipinski definition) is 1. The summed E-state index contributed by atoms with van der Waals surface area (Å²) in [7, 11) is 1.62. The number of thioether (sulfide) groups is 1. The number of rotatable bonds is 7. The van der Waals surface area contributed by atoms with Crippen molar-refractivity contribution in [3.05, 3.63) is 80.5 Å². The fourth-order valence-corrected chi connectivity index (χ4v) is 6.39. The molecule has 0 unspecified atom stereocenters. The summed E-state index contributed by atoms with van der Waals surface area (Å²) >= 11 is 2.91. The molecule has 0 spiro atoms. The molecule has 174 valence electrons. The maximum atomic E-state index is 13.7. The van der Waals surface area contributed by atoms with Crippen LogP contribution in [-0.4, -0.2) is 28.3 Å². The first-order valence-corrected chi connectivity index (χ1v) is 13.0. The van der Waals surface area contributed by atoms with Gasteiger partial charge in [0.2, 0.25) is 5.91 Å². The molecule has 6 nitrogen and oxygen atoms in total. The van der Waals surface area contributed by atoms with E-state index >= 15 is 0 Å². The lowest BCUT2D eigenvalue weighted by Gasteiger charge is -2.13. The molecule has 8 heteroatoms. The number of methoxy groups -OCH3 is 1. The molecule has 0 saturated heterocycles. The highest BCUT2D eigenvalue weighted by atomic mass is 32.2. The minimum absolute atomic E-state index is 0.0452. The summed E-state index contributed by atoms with van der Waals surface area (Å²) in [5.41, 5.74) is 3.94. The van der Waals surface area contributed by atoms with Crippen LogP contribution in [0, 0.1) is 6.92 Å². The SMILES string of the molecule is COc1ccc(CNC(=O)CSc2nc3sc4c(c3c(=O)n2-c2cccc(C)c2)CCC4)cc1. The Kier molecular flexibility index (Phi) is 6.43. The van der Waals surface area contributed by atoms with Crippen molar-refractivity contribution in [2.24, 2.45) is 0 Å². The van der Waals surface area contributed by atoms with E-state index in [0.717, 1.165) is 57.6 Å². The molecule has 1 amide bonds. The van der Waals surface area contributed by atoms with Gasteiger partial charge in [0.05, 0.1) is 23.9 Å². The van der Waals surface area contributed by atoms with E-state index in [-0.39, 0.29) is 17.2 Å². The number of nitrogens with one attached hydrogen (secondary N) is 1. The molecule has 0 aliphatic heterocycles. The summed E-state index contributed by atoms with van der Waals surface area (Å²) in [4.78, 5) is 33.2. The number of aromatic nitrogens is 2. The Balaban J connectivity index is 1.41. The van der Waals surface area contributed by atoms with Crippen LogP contribution >= 0.6 is 23.1 Å². The van der Waals surface area contributed by atoms with Gasteiger partial charge in [-0.1, -0.05) is 36.0 Å². The Morgan fingerprint density at radius 3 is 2.79 bits per heavy atom. The fourth-order valence-electron chi connectivity index (χ4n) is 4.24. The number of benzene rings is 2. The molecule has 0 radical (unpaired) electrons. The second-order valence-electron chi connectivity index (χ2n) is 8.32. The molecule has 1 aliphatic carbocycles. The largest absolute Gasteiger partial charge is 0.497 e. The molecular weight excluding hydrogens is 466 g/mol. The third-order valence-corrected chi connectivity index (χ3v) is 8.07. The van der Waals surface area contributed by atoms with Crippen molar-refractivity contribution in [3.63, 3.8) is 0 Å². The molecule has 0 fully saturated rings. The van der Waals surface area contributed by atoms with E-state index in [2.05, 4.69) is 5.32 Å². The number of carbonyl (C=O) groups is 1. The quantitative estimate of drug-likeness (QED) is 0.301. The fraction of sp³-hybridized carbons (Fsp3) is 0.269. The number of aryl methyl sites for hydroxylation is 3. The van der Waals surface area contributed by atoms with Gasteiger partial charge in [0.15, 0.2) is 5.16 Å². The van der Waals surface area contributed by atoms with E-state index in [1.807, 2.05) is 55.5 Å². The van der Waals surface area contributed by atoms with Gasteiger partial charge in [-0.25, -0.2) is 4.98 Å². The summed E-state index contributed by atoms with van der Waals surface area (Å²) in [6.45, 7) is 2.43. The molecule has 34 heavy (non-hydrogen) atoms. The van der Waals surface area contributed by atoms with Gasteiger partial charge in [-0.2, -0.15) is 0 Å². The molecular formula is C26H25N3O3S2. The van der Waals surface area contributed by atoms with Crippen molar-refractivity contribution in [2.75, 3.05) is 12.9 Å². The highest BCUT2D eigenvalue weighted by Crippen LogP contribution is 2.36. The van der Waals surface area contributed by atoms with Gasteiger partial charge in [-0.05, 0) is 67.1 Å². The van der Waals surface area contributed by atoms with Crippen molar-refractivity contribution in [3.8, 4) is 11.4 Å². The van der Waals surface area contributed by atoms with Gasteiger partial charge in [0, 0.05) is 11.4 Å². The van der Waals surface area contributed by atoms with E-state index in [9.17, 15) is 9.59 Å². The van der Waals surface area contributed by atoms with Gasteiger partial charge >= 0.3 is 0 Å². The molecule has 4 aromatic rings. The van der Waals surface area contributed by atoms with E-state index in [4.69, 9.17) is 9.72 Å². The standard InChI is InChI=1S/C26H25N3O3S2/c1-16-5-3-6-18(13-16)29-25(31)23-20-7-4-8-21(20)34-24(23)28-26(29)33-15-22(30)27-14-17-9-11-19(32-2)12-10-17/h3,5-6,9-13H,4,7-8,14-15H2,1-2H3,(H,27,30). The zero-order valence-corrected chi connectivity index (χ0v) is 20.7. The molecule has 1 N–H and O–H groups in total. The van der Waals surface area contributed by atoms with Crippen LogP contribution in [0.5, 0.6) is 5.75 Å². The lowest BCUT2D eigenvalue weighted by atomic mass is 10.2. The monoisotopic (exact) mass is 491 g/mol. The van der Waals surface area contributed by atoms with Crippen LogP contribution in [0.4, 0.5) is 0 Å². The van der Waals surface area contributed by atoms with Crippen LogP contribution in [0.15, 0.2) is 58.5 Å². The maximum Gasteiger partial charge on any atom is 0.267 e. The molecule has 2 aromatic heterocycles. The third-order valence-electron chi connectivity index (χ3n) is 5.95. The summed E-state index contributed by atoms with van der Waals surface area (Å²) in [6, 6.07) is 15.4. The number of hydrogen-bond acceptors (Lipinski definition) is 6. The number of thiophene rings is 1. The zero-order valence-electron chi connectivity index (χ0n) is 19.1. The Morgan fingerprint density at radius 1 is 1.21 bits per heavy atom. The zero-order chi connectivity index (χ0) is 23.7. The average molecular weight is 492 g/mol. The molecule has 2 heterocycles. The normalized spacial score (nSPS) is 12.6. The number of carbonyl (C=O) groups excluding carboxylic acids is 1.